The van der Waals surface area contributed by atoms with Crippen LogP contribution in [0.15, 0.2) is 0 Å². The zero-order chi connectivity index (χ0) is 22.3. The summed E-state index contributed by atoms with van der Waals surface area (Å²) >= 11 is 0. The van der Waals surface area contributed by atoms with Crippen molar-refractivity contribution in [1.29, 1.82) is 0 Å². The molecule has 2 rings (SSSR count). The van der Waals surface area contributed by atoms with Gasteiger partial charge in [0.1, 0.15) is 0 Å². The molecule has 2 saturated heterocycles. The molecule has 0 aromatic carbocycles. The molecule has 2 aliphatic heterocycles. The molecule has 30 heavy (non-hydrogen) atoms. The SMILES string of the molecule is CCCCCCCCCCCCC1CC(=O)N(C2CC(C)(C)N(C)C(C)C2C)C1=O. The number of carbonyl (C=O) groups excluding carboxylic acids is 2. The Hall–Kier alpha value is -0.900. The highest BCUT2D eigenvalue weighted by molar-refractivity contribution is 6.03. The first-order valence-electron chi connectivity index (χ1n) is 12.8. The van der Waals surface area contributed by atoms with Crippen LogP contribution in [0.1, 0.15) is 118 Å². The molecule has 174 valence electrons. The molecule has 0 aliphatic carbocycles. The van der Waals surface area contributed by atoms with Crippen LogP contribution < -0.4 is 0 Å². The van der Waals surface area contributed by atoms with Gasteiger partial charge in [-0.3, -0.25) is 19.4 Å². The van der Waals surface area contributed by atoms with Gasteiger partial charge in [-0.15, -0.1) is 0 Å². The maximum atomic E-state index is 13.1. The lowest BCUT2D eigenvalue weighted by Gasteiger charge is -2.52. The number of amides is 2. The minimum Gasteiger partial charge on any atom is -0.298 e. The van der Waals surface area contributed by atoms with Crippen molar-refractivity contribution in [3.63, 3.8) is 0 Å². The molecule has 2 heterocycles. The van der Waals surface area contributed by atoms with E-state index in [1.165, 1.54) is 57.8 Å². The molecular weight excluding hydrogens is 372 g/mol. The summed E-state index contributed by atoms with van der Waals surface area (Å²) in [4.78, 5) is 30.0. The second-order valence-corrected chi connectivity index (χ2v) is 10.8. The van der Waals surface area contributed by atoms with Crippen LogP contribution in [0.4, 0.5) is 0 Å². The van der Waals surface area contributed by atoms with Gasteiger partial charge >= 0.3 is 0 Å². The predicted molar refractivity (Wildman–Crippen MR) is 125 cm³/mol. The van der Waals surface area contributed by atoms with E-state index in [1.807, 2.05) is 0 Å². The summed E-state index contributed by atoms with van der Waals surface area (Å²) < 4.78 is 0. The molecule has 0 N–H and O–H groups in total. The molecular formula is C26H48N2O2. The Morgan fingerprint density at radius 3 is 2.00 bits per heavy atom. The molecule has 4 nitrogen and oxygen atoms in total. The van der Waals surface area contributed by atoms with Crippen molar-refractivity contribution in [3.05, 3.63) is 0 Å². The first kappa shape index (κ1) is 25.4. The fourth-order valence-corrected chi connectivity index (χ4v) is 5.56. The monoisotopic (exact) mass is 420 g/mol. The van der Waals surface area contributed by atoms with Gasteiger partial charge in [0.05, 0.1) is 0 Å². The van der Waals surface area contributed by atoms with E-state index in [0.29, 0.717) is 18.4 Å². The van der Waals surface area contributed by atoms with Crippen LogP contribution in [0, 0.1) is 11.8 Å². The second-order valence-electron chi connectivity index (χ2n) is 10.8. The molecule has 0 aromatic heterocycles. The molecule has 4 heteroatoms. The van der Waals surface area contributed by atoms with E-state index in [-0.39, 0.29) is 29.3 Å². The van der Waals surface area contributed by atoms with Crippen molar-refractivity contribution in [2.45, 2.75) is 136 Å². The Labute approximate surface area is 186 Å². The molecule has 0 aromatic rings. The number of nitrogens with zero attached hydrogens (tertiary/aromatic N) is 2. The van der Waals surface area contributed by atoms with E-state index in [1.54, 1.807) is 4.90 Å². The second kappa shape index (κ2) is 11.6. The maximum Gasteiger partial charge on any atom is 0.233 e. The van der Waals surface area contributed by atoms with E-state index in [4.69, 9.17) is 0 Å². The zero-order valence-electron chi connectivity index (χ0n) is 20.7. The summed E-state index contributed by atoms with van der Waals surface area (Å²) in [6, 6.07) is 0.407. The van der Waals surface area contributed by atoms with Crippen molar-refractivity contribution in [1.82, 2.24) is 9.80 Å². The summed E-state index contributed by atoms with van der Waals surface area (Å²) in [5.41, 5.74) is 0.00573. The van der Waals surface area contributed by atoms with Gasteiger partial charge in [0.25, 0.3) is 0 Å². The molecule has 0 radical (unpaired) electrons. The average molecular weight is 421 g/mol. The highest BCUT2D eigenvalue weighted by atomic mass is 16.2. The lowest BCUT2D eigenvalue weighted by atomic mass is 9.77. The van der Waals surface area contributed by atoms with Crippen molar-refractivity contribution in [2.24, 2.45) is 11.8 Å². The first-order chi connectivity index (χ1) is 14.2. The van der Waals surface area contributed by atoms with Crippen molar-refractivity contribution < 1.29 is 9.59 Å². The minimum absolute atomic E-state index is 0.00573. The van der Waals surface area contributed by atoms with Gasteiger partial charge in [0.15, 0.2) is 0 Å². The Morgan fingerprint density at radius 2 is 1.43 bits per heavy atom. The van der Waals surface area contributed by atoms with Gasteiger partial charge in [0, 0.05) is 30.0 Å². The molecule has 4 atom stereocenters. The van der Waals surface area contributed by atoms with Gasteiger partial charge in [0.2, 0.25) is 11.8 Å². The van der Waals surface area contributed by atoms with Gasteiger partial charge in [-0.2, -0.15) is 0 Å². The quantitative estimate of drug-likeness (QED) is 0.279. The minimum atomic E-state index is -0.0724. The Morgan fingerprint density at radius 1 is 0.900 bits per heavy atom. The van der Waals surface area contributed by atoms with Crippen LogP contribution in [0.5, 0.6) is 0 Å². The first-order valence-corrected chi connectivity index (χ1v) is 12.8. The summed E-state index contributed by atoms with van der Waals surface area (Å²) in [7, 11) is 2.17. The van der Waals surface area contributed by atoms with Crippen LogP contribution in [0.2, 0.25) is 0 Å². The fourth-order valence-electron chi connectivity index (χ4n) is 5.56. The number of piperidine rings is 1. The normalized spacial score (nSPS) is 29.7. The Bertz CT molecular complexity index is 559. The van der Waals surface area contributed by atoms with Crippen LogP contribution in [-0.4, -0.2) is 46.3 Å². The number of hydrogen-bond donors (Lipinski definition) is 0. The molecule has 0 saturated carbocycles. The topological polar surface area (TPSA) is 40.6 Å². The highest BCUT2D eigenvalue weighted by Gasteiger charge is 2.49. The largest absolute Gasteiger partial charge is 0.298 e. The van der Waals surface area contributed by atoms with Crippen LogP contribution in [0.25, 0.3) is 0 Å². The van der Waals surface area contributed by atoms with Crippen LogP contribution in [0.3, 0.4) is 0 Å². The summed E-state index contributed by atoms with van der Waals surface area (Å²) in [5.74, 6) is 0.422. The lowest BCUT2D eigenvalue weighted by molar-refractivity contribution is -0.147. The Balaban J connectivity index is 1.74. The molecule has 4 unspecified atom stereocenters. The number of likely N-dealkylation sites (tertiary alicyclic amines) is 2. The molecule has 2 amide bonds. The van der Waals surface area contributed by atoms with Gasteiger partial charge in [-0.25, -0.2) is 0 Å². The third-order valence-electron chi connectivity index (χ3n) is 8.16. The van der Waals surface area contributed by atoms with E-state index in [9.17, 15) is 9.59 Å². The van der Waals surface area contributed by atoms with Gasteiger partial charge < -0.3 is 0 Å². The highest BCUT2D eigenvalue weighted by Crippen LogP contribution is 2.39. The van der Waals surface area contributed by atoms with Crippen molar-refractivity contribution >= 4 is 11.8 Å². The van der Waals surface area contributed by atoms with Gasteiger partial charge in [-0.05, 0) is 46.6 Å². The zero-order valence-corrected chi connectivity index (χ0v) is 20.7. The van der Waals surface area contributed by atoms with E-state index in [2.05, 4.69) is 46.6 Å². The van der Waals surface area contributed by atoms with Gasteiger partial charge in [-0.1, -0.05) is 78.1 Å². The number of imide groups is 1. The predicted octanol–water partition coefficient (Wildman–Crippen LogP) is 6.18. The van der Waals surface area contributed by atoms with E-state index >= 15 is 0 Å². The summed E-state index contributed by atoms with van der Waals surface area (Å²) in [5, 5.41) is 0. The van der Waals surface area contributed by atoms with E-state index < -0.39 is 0 Å². The molecule has 2 aliphatic rings. The maximum absolute atomic E-state index is 13.1. The van der Waals surface area contributed by atoms with Crippen molar-refractivity contribution in [2.75, 3.05) is 7.05 Å². The summed E-state index contributed by atoms with van der Waals surface area (Å²) in [6.07, 6.45) is 15.2. The number of carbonyl (C=O) groups is 2. The van der Waals surface area contributed by atoms with Crippen LogP contribution >= 0.6 is 0 Å². The molecule has 0 spiro atoms. The number of rotatable bonds is 12. The lowest BCUT2D eigenvalue weighted by Crippen LogP contribution is -2.62. The number of hydrogen-bond acceptors (Lipinski definition) is 3. The Kier molecular flexibility index (Phi) is 9.84. The number of unbranched alkanes of at least 4 members (excludes halogenated alkanes) is 9. The third kappa shape index (κ3) is 6.31. The average Bonchev–Trinajstić information content (AvgIpc) is 2.98. The third-order valence-corrected chi connectivity index (χ3v) is 8.16. The molecule has 2 fully saturated rings. The van der Waals surface area contributed by atoms with E-state index in [0.717, 1.165) is 19.3 Å². The summed E-state index contributed by atoms with van der Waals surface area (Å²) in [6.45, 7) is 11.2. The molecule has 0 bridgehead atoms. The van der Waals surface area contributed by atoms with Crippen LogP contribution in [-0.2, 0) is 9.59 Å². The standard InChI is InChI=1S/C26H48N2O2/c1-7-8-9-10-11-12-13-14-15-16-17-22-18-24(29)28(25(22)30)23-19-26(4,5)27(6)21(3)20(23)2/h20-23H,7-19H2,1-6H3. The fraction of sp³-hybridized carbons (Fsp3) is 0.923. The smallest absolute Gasteiger partial charge is 0.233 e. The van der Waals surface area contributed by atoms with Crippen molar-refractivity contribution in [3.8, 4) is 0 Å².